The van der Waals surface area contributed by atoms with Crippen LogP contribution < -0.4 is 5.09 Å². The Morgan fingerprint density at radius 1 is 1.35 bits per heavy atom. The first-order chi connectivity index (χ1) is 7.82. The van der Waals surface area contributed by atoms with Crippen molar-refractivity contribution < 1.29 is 23.5 Å². The minimum absolute atomic E-state index is 0.0952. The first kappa shape index (κ1) is 16.6. The van der Waals surface area contributed by atoms with Gasteiger partial charge in [0.05, 0.1) is 13.2 Å². The summed E-state index contributed by atoms with van der Waals surface area (Å²) in [5.74, 6) is -0.339. The fraction of sp³-hybridized carbons (Fsp3) is 0.900. The Labute approximate surface area is 102 Å². The van der Waals surface area contributed by atoms with Crippen LogP contribution in [0.5, 0.6) is 0 Å². The van der Waals surface area contributed by atoms with Crippen LogP contribution in [0.3, 0.4) is 0 Å². The highest BCUT2D eigenvalue weighted by Gasteiger charge is 2.30. The van der Waals surface area contributed by atoms with Gasteiger partial charge in [-0.3, -0.25) is 9.32 Å². The summed E-state index contributed by atoms with van der Waals surface area (Å²) in [4.78, 5) is 21.0. The van der Waals surface area contributed by atoms with Crippen LogP contribution in [0.1, 0.15) is 34.1 Å². The monoisotopic (exact) mass is 267 g/mol. The van der Waals surface area contributed by atoms with E-state index in [1.54, 1.807) is 13.8 Å². The second-order valence-corrected chi connectivity index (χ2v) is 5.56. The van der Waals surface area contributed by atoms with Gasteiger partial charge in [0.25, 0.3) is 0 Å². The predicted octanol–water partition coefficient (Wildman–Crippen LogP) is 1.69. The van der Waals surface area contributed by atoms with Crippen LogP contribution in [0.15, 0.2) is 0 Å². The lowest BCUT2D eigenvalue weighted by atomic mass is 10.1. The summed E-state index contributed by atoms with van der Waals surface area (Å²) in [5, 5.41) is 2.32. The smallest absolute Gasteiger partial charge is 0.403 e. The molecule has 0 saturated carbocycles. The quantitative estimate of drug-likeness (QED) is 0.514. The van der Waals surface area contributed by atoms with Gasteiger partial charge in [0.1, 0.15) is 6.04 Å². The molecule has 7 heteroatoms. The van der Waals surface area contributed by atoms with E-state index in [0.717, 1.165) is 0 Å². The van der Waals surface area contributed by atoms with E-state index in [1.807, 2.05) is 13.8 Å². The zero-order valence-corrected chi connectivity index (χ0v) is 11.7. The molecule has 1 unspecified atom stereocenters. The maximum Gasteiger partial charge on any atom is 0.403 e. The van der Waals surface area contributed by atoms with E-state index in [2.05, 4.69) is 9.61 Å². The molecule has 0 aliphatic carbocycles. The molecule has 0 radical (unpaired) electrons. The molecule has 0 rings (SSSR count). The summed E-state index contributed by atoms with van der Waals surface area (Å²) in [7, 11) is -3.93. The van der Waals surface area contributed by atoms with Gasteiger partial charge in [0, 0.05) is 0 Å². The minimum atomic E-state index is -3.93. The number of ether oxygens (including phenoxy) is 1. The van der Waals surface area contributed by atoms with Gasteiger partial charge < -0.3 is 9.63 Å². The Balaban J connectivity index is 4.58. The Bertz CT molecular complexity index is 282. The van der Waals surface area contributed by atoms with Crippen molar-refractivity contribution in [3.8, 4) is 0 Å². The van der Waals surface area contributed by atoms with Crippen molar-refractivity contribution in [3.63, 3.8) is 0 Å². The maximum atomic E-state index is 11.6. The van der Waals surface area contributed by atoms with E-state index in [1.165, 1.54) is 0 Å². The standard InChI is InChI=1S/C10H22NO5P/c1-5-15-10(12)9(7-8(3)4)11-17(13,14)16-6-2/h8-9H,5-7H2,1-4H3,(H2,11,13,14)/t9-/m0/s1. The summed E-state index contributed by atoms with van der Waals surface area (Å²) < 4.78 is 21.0. The molecule has 2 atom stereocenters. The van der Waals surface area contributed by atoms with Crippen LogP contribution in [0.2, 0.25) is 0 Å². The molecule has 2 N–H and O–H groups in total. The number of carbonyl (C=O) groups excluding carboxylic acids is 1. The second-order valence-electron chi connectivity index (χ2n) is 4.00. The van der Waals surface area contributed by atoms with Gasteiger partial charge in [-0.2, -0.15) is 0 Å². The average molecular weight is 267 g/mol. The molecule has 0 spiro atoms. The third-order valence-electron chi connectivity index (χ3n) is 1.90. The minimum Gasteiger partial charge on any atom is -0.465 e. The fourth-order valence-electron chi connectivity index (χ4n) is 1.33. The number of carbonyl (C=O) groups is 1. The molecule has 0 bridgehead atoms. The largest absolute Gasteiger partial charge is 0.465 e. The van der Waals surface area contributed by atoms with Crippen molar-refractivity contribution in [2.45, 2.75) is 40.2 Å². The zero-order chi connectivity index (χ0) is 13.5. The molecule has 0 aliphatic rings. The molecule has 0 saturated heterocycles. The van der Waals surface area contributed by atoms with Crippen molar-refractivity contribution in [3.05, 3.63) is 0 Å². The van der Waals surface area contributed by atoms with Gasteiger partial charge >= 0.3 is 13.7 Å². The number of hydrogen-bond donors (Lipinski definition) is 2. The second kappa shape index (κ2) is 7.82. The lowest BCUT2D eigenvalue weighted by Gasteiger charge is -2.21. The van der Waals surface area contributed by atoms with Gasteiger partial charge in [-0.15, -0.1) is 0 Å². The van der Waals surface area contributed by atoms with Crippen molar-refractivity contribution in [1.29, 1.82) is 0 Å². The first-order valence-corrected chi connectivity index (χ1v) is 7.31. The van der Waals surface area contributed by atoms with Crippen LogP contribution in [-0.4, -0.2) is 30.1 Å². The van der Waals surface area contributed by atoms with Gasteiger partial charge in [-0.05, 0) is 26.2 Å². The Morgan fingerprint density at radius 3 is 2.35 bits per heavy atom. The third kappa shape index (κ3) is 7.49. The highest BCUT2D eigenvalue weighted by Crippen LogP contribution is 2.37. The van der Waals surface area contributed by atoms with E-state index >= 15 is 0 Å². The number of nitrogens with one attached hydrogen (secondary N) is 1. The highest BCUT2D eigenvalue weighted by molar-refractivity contribution is 7.50. The summed E-state index contributed by atoms with van der Waals surface area (Å²) in [5.41, 5.74) is 0. The zero-order valence-electron chi connectivity index (χ0n) is 10.8. The summed E-state index contributed by atoms with van der Waals surface area (Å²) in [6.45, 7) is 7.45. The topological polar surface area (TPSA) is 84.9 Å². The van der Waals surface area contributed by atoms with Gasteiger partial charge in [-0.25, -0.2) is 9.65 Å². The van der Waals surface area contributed by atoms with Crippen molar-refractivity contribution >= 4 is 13.7 Å². The highest BCUT2D eigenvalue weighted by atomic mass is 31.2. The van der Waals surface area contributed by atoms with Crippen LogP contribution >= 0.6 is 7.75 Å². The third-order valence-corrected chi connectivity index (χ3v) is 3.15. The van der Waals surface area contributed by atoms with Crippen LogP contribution in [0.4, 0.5) is 0 Å². The molecule has 0 heterocycles. The van der Waals surface area contributed by atoms with Crippen LogP contribution in [0.25, 0.3) is 0 Å². The number of rotatable bonds is 8. The lowest BCUT2D eigenvalue weighted by Crippen LogP contribution is -2.37. The molecule has 0 aliphatic heterocycles. The molecule has 17 heavy (non-hydrogen) atoms. The van der Waals surface area contributed by atoms with Crippen molar-refractivity contribution in [2.75, 3.05) is 13.2 Å². The molecule has 0 aromatic rings. The average Bonchev–Trinajstić information content (AvgIpc) is 2.15. The summed E-state index contributed by atoms with van der Waals surface area (Å²) >= 11 is 0. The van der Waals surface area contributed by atoms with Gasteiger partial charge in [0.15, 0.2) is 0 Å². The van der Waals surface area contributed by atoms with E-state index in [0.29, 0.717) is 6.42 Å². The van der Waals surface area contributed by atoms with Crippen molar-refractivity contribution in [1.82, 2.24) is 5.09 Å². The number of esters is 1. The Kier molecular flexibility index (Phi) is 7.63. The molecule has 6 nitrogen and oxygen atoms in total. The van der Waals surface area contributed by atoms with Gasteiger partial charge in [-0.1, -0.05) is 13.8 Å². The SMILES string of the molecule is CCOC(=O)[C@H](CC(C)C)NP(=O)(O)OCC. The Hall–Kier alpha value is -0.420. The van der Waals surface area contributed by atoms with Crippen LogP contribution in [0, 0.1) is 5.92 Å². The molecule has 0 amide bonds. The molecule has 0 aromatic heterocycles. The lowest BCUT2D eigenvalue weighted by molar-refractivity contribution is -0.145. The van der Waals surface area contributed by atoms with E-state index in [9.17, 15) is 14.3 Å². The normalized spacial score (nSPS) is 16.6. The molecular weight excluding hydrogens is 245 g/mol. The van der Waals surface area contributed by atoms with E-state index in [-0.39, 0.29) is 19.1 Å². The molecule has 0 aromatic carbocycles. The van der Waals surface area contributed by atoms with E-state index in [4.69, 9.17) is 4.74 Å². The predicted molar refractivity (Wildman–Crippen MR) is 64.5 cm³/mol. The van der Waals surface area contributed by atoms with Gasteiger partial charge in [0.2, 0.25) is 0 Å². The molecule has 102 valence electrons. The Morgan fingerprint density at radius 2 is 1.94 bits per heavy atom. The molecular formula is C10H22NO5P. The van der Waals surface area contributed by atoms with E-state index < -0.39 is 19.8 Å². The summed E-state index contributed by atoms with van der Waals surface area (Å²) in [6, 6.07) is -0.822. The summed E-state index contributed by atoms with van der Waals surface area (Å²) in [6.07, 6.45) is 0.413. The first-order valence-electron chi connectivity index (χ1n) is 5.74. The molecule has 0 fully saturated rings. The van der Waals surface area contributed by atoms with Crippen molar-refractivity contribution in [2.24, 2.45) is 5.92 Å². The maximum absolute atomic E-state index is 11.6. The number of hydrogen-bond acceptors (Lipinski definition) is 4. The van der Waals surface area contributed by atoms with Crippen LogP contribution in [-0.2, 0) is 18.6 Å². The fourth-order valence-corrected chi connectivity index (χ4v) is 2.35.